The maximum Gasteiger partial charge on any atom is 0.379 e. The molecule has 0 aromatic heterocycles. The molecule has 0 amide bonds. The van der Waals surface area contributed by atoms with Gasteiger partial charge in [0.2, 0.25) is 5.78 Å². The number of esters is 1. The van der Waals surface area contributed by atoms with E-state index in [1.54, 1.807) is 49.4 Å². The molecule has 4 rings (SSSR count). The molecule has 0 bridgehead atoms. The molecule has 1 aliphatic carbocycles. The van der Waals surface area contributed by atoms with Crippen LogP contribution < -0.4 is 0 Å². The van der Waals surface area contributed by atoms with Crippen LogP contribution in [0.5, 0.6) is 0 Å². The third-order valence-electron chi connectivity index (χ3n) is 5.08. The number of benzene rings is 2. The van der Waals surface area contributed by atoms with Crippen LogP contribution in [0.3, 0.4) is 0 Å². The molecule has 148 valence electrons. The van der Waals surface area contributed by atoms with Crippen LogP contribution in [0, 0.1) is 0 Å². The van der Waals surface area contributed by atoms with Gasteiger partial charge in [0.05, 0.1) is 12.2 Å². The van der Waals surface area contributed by atoms with Gasteiger partial charge in [0.25, 0.3) is 0 Å². The summed E-state index contributed by atoms with van der Waals surface area (Å²) >= 11 is 3.37. The largest absolute Gasteiger partial charge is 0.461 e. The molecule has 1 N–H and O–H groups in total. The maximum atomic E-state index is 13.3. The summed E-state index contributed by atoms with van der Waals surface area (Å²) < 4.78 is 11.3. The first kappa shape index (κ1) is 19.5. The first-order valence-corrected chi connectivity index (χ1v) is 9.91. The lowest BCUT2D eigenvalue weighted by molar-refractivity contribution is -0.220. The van der Waals surface area contributed by atoms with Crippen molar-refractivity contribution in [3.63, 3.8) is 0 Å². The predicted molar refractivity (Wildman–Crippen MR) is 106 cm³/mol. The molecule has 0 saturated carbocycles. The Morgan fingerprint density at radius 2 is 1.76 bits per heavy atom. The van der Waals surface area contributed by atoms with Crippen molar-refractivity contribution >= 4 is 33.5 Å². The van der Waals surface area contributed by atoms with Gasteiger partial charge < -0.3 is 14.6 Å². The lowest BCUT2D eigenvalue weighted by atomic mass is 9.75. The van der Waals surface area contributed by atoms with Gasteiger partial charge >= 0.3 is 11.8 Å². The fourth-order valence-corrected chi connectivity index (χ4v) is 3.99. The number of Topliss-reactive ketones (excluding diaryl/α,β-unsaturated/α-hetero) is 2. The average Bonchev–Trinajstić information content (AvgIpc) is 2.72. The number of ether oxygens (including phenoxy) is 2. The van der Waals surface area contributed by atoms with Gasteiger partial charge in [0, 0.05) is 27.9 Å². The minimum absolute atomic E-state index is 0.0368. The Hall–Kier alpha value is -2.77. The van der Waals surface area contributed by atoms with Crippen molar-refractivity contribution < 1.29 is 29.0 Å². The van der Waals surface area contributed by atoms with E-state index >= 15 is 0 Å². The molecule has 1 heterocycles. The van der Waals surface area contributed by atoms with Crippen LogP contribution in [0.1, 0.15) is 45.5 Å². The summed E-state index contributed by atoms with van der Waals surface area (Å²) in [7, 11) is 0. The zero-order valence-electron chi connectivity index (χ0n) is 15.5. The minimum Gasteiger partial charge on any atom is -0.461 e. The Bertz CT molecular complexity index is 1060. The summed E-state index contributed by atoms with van der Waals surface area (Å²) in [4.78, 5) is 38.8. The van der Waals surface area contributed by atoms with Crippen molar-refractivity contribution in [1.82, 2.24) is 0 Å². The fourth-order valence-electron chi connectivity index (χ4n) is 3.73. The first-order valence-electron chi connectivity index (χ1n) is 9.12. The molecular formula is C22H17BrO6. The number of rotatable bonds is 3. The Morgan fingerprint density at radius 3 is 2.38 bits per heavy atom. The van der Waals surface area contributed by atoms with E-state index in [1.165, 1.54) is 6.07 Å². The van der Waals surface area contributed by atoms with Gasteiger partial charge in [0.15, 0.2) is 11.5 Å². The number of ketones is 2. The van der Waals surface area contributed by atoms with Crippen molar-refractivity contribution in [2.75, 3.05) is 6.61 Å². The Morgan fingerprint density at radius 1 is 1.14 bits per heavy atom. The lowest BCUT2D eigenvalue weighted by Crippen LogP contribution is -2.49. The van der Waals surface area contributed by atoms with Crippen LogP contribution in [-0.4, -0.2) is 35.0 Å². The Kier molecular flexibility index (Phi) is 4.88. The second-order valence-corrected chi connectivity index (χ2v) is 7.78. The summed E-state index contributed by atoms with van der Waals surface area (Å²) in [6.45, 7) is 1.64. The van der Waals surface area contributed by atoms with Crippen LogP contribution in [-0.2, 0) is 14.3 Å². The van der Waals surface area contributed by atoms with Crippen LogP contribution in [0.25, 0.3) is 0 Å². The van der Waals surface area contributed by atoms with Crippen molar-refractivity contribution in [3.8, 4) is 0 Å². The molecule has 2 aromatic rings. The molecule has 2 aliphatic rings. The summed E-state index contributed by atoms with van der Waals surface area (Å²) in [5, 5.41) is 10.9. The maximum absolute atomic E-state index is 13.3. The Labute approximate surface area is 175 Å². The van der Waals surface area contributed by atoms with Gasteiger partial charge in [-0.05, 0) is 24.6 Å². The topological polar surface area (TPSA) is 89.9 Å². The summed E-state index contributed by atoms with van der Waals surface area (Å²) in [6, 6.07) is 13.6. The standard InChI is InChI=1S/C22H17BrO6/c1-2-28-21(26)22(27)11-16(12-7-9-13(23)10-8-12)17-18(24)14-5-3-4-6-15(14)19(25)20(17)29-22/h3-10,16,27H,2,11H2,1H3/t16-,22+/m1/s1. The van der Waals surface area contributed by atoms with Crippen molar-refractivity contribution in [1.29, 1.82) is 0 Å². The van der Waals surface area contributed by atoms with Crippen LogP contribution in [0.2, 0.25) is 0 Å². The number of halogens is 1. The normalized spacial score (nSPS) is 23.2. The first-order chi connectivity index (χ1) is 13.9. The number of aliphatic hydroxyl groups is 1. The zero-order chi connectivity index (χ0) is 20.8. The van der Waals surface area contributed by atoms with Gasteiger partial charge in [-0.1, -0.05) is 52.3 Å². The Balaban J connectivity index is 1.90. The number of carbonyl (C=O) groups is 3. The molecule has 6 nitrogen and oxygen atoms in total. The number of fused-ring (bicyclic) bond motifs is 1. The third-order valence-corrected chi connectivity index (χ3v) is 5.61. The number of carbonyl (C=O) groups excluding carboxylic acids is 3. The fraction of sp³-hybridized carbons (Fsp3) is 0.227. The zero-order valence-corrected chi connectivity index (χ0v) is 17.1. The number of hydrogen-bond donors (Lipinski definition) is 1. The predicted octanol–water partition coefficient (Wildman–Crippen LogP) is 3.54. The van der Waals surface area contributed by atoms with Gasteiger partial charge in [-0.15, -0.1) is 0 Å². The van der Waals surface area contributed by atoms with Gasteiger partial charge in [-0.25, -0.2) is 4.79 Å². The summed E-state index contributed by atoms with van der Waals surface area (Å²) in [5.74, 6) is -5.27. The second kappa shape index (κ2) is 7.24. The van der Waals surface area contributed by atoms with E-state index in [9.17, 15) is 19.5 Å². The van der Waals surface area contributed by atoms with Gasteiger partial charge in [-0.3, -0.25) is 9.59 Å². The smallest absolute Gasteiger partial charge is 0.379 e. The van der Waals surface area contributed by atoms with Crippen LogP contribution >= 0.6 is 15.9 Å². The highest BCUT2D eigenvalue weighted by Gasteiger charge is 2.53. The van der Waals surface area contributed by atoms with E-state index in [0.717, 1.165) is 4.47 Å². The second-order valence-electron chi connectivity index (χ2n) is 6.86. The van der Waals surface area contributed by atoms with Crippen molar-refractivity contribution in [3.05, 3.63) is 81.0 Å². The molecule has 2 aromatic carbocycles. The summed E-state index contributed by atoms with van der Waals surface area (Å²) in [5.41, 5.74) is 1.28. The molecule has 0 fully saturated rings. The van der Waals surface area contributed by atoms with E-state index in [0.29, 0.717) is 5.56 Å². The highest BCUT2D eigenvalue weighted by atomic mass is 79.9. The molecule has 1 aliphatic heterocycles. The molecule has 0 spiro atoms. The van der Waals surface area contributed by atoms with Gasteiger partial charge in [0.1, 0.15) is 0 Å². The minimum atomic E-state index is -2.37. The van der Waals surface area contributed by atoms with Crippen LogP contribution in [0.15, 0.2) is 64.3 Å². The lowest BCUT2D eigenvalue weighted by Gasteiger charge is -2.39. The highest BCUT2D eigenvalue weighted by molar-refractivity contribution is 9.10. The number of allylic oxidation sites excluding steroid dienone is 2. The molecule has 0 saturated heterocycles. The van der Waals surface area contributed by atoms with Gasteiger partial charge in [-0.2, -0.15) is 0 Å². The molecule has 2 atom stereocenters. The molecule has 0 unspecified atom stereocenters. The van der Waals surface area contributed by atoms with Crippen molar-refractivity contribution in [2.45, 2.75) is 25.0 Å². The molecule has 0 radical (unpaired) electrons. The molecule has 29 heavy (non-hydrogen) atoms. The van der Waals surface area contributed by atoms with Crippen LogP contribution in [0.4, 0.5) is 0 Å². The number of hydrogen-bond acceptors (Lipinski definition) is 6. The quantitative estimate of drug-likeness (QED) is 0.710. The van der Waals surface area contributed by atoms with E-state index in [4.69, 9.17) is 9.47 Å². The van der Waals surface area contributed by atoms with E-state index in [2.05, 4.69) is 15.9 Å². The van der Waals surface area contributed by atoms with E-state index < -0.39 is 23.5 Å². The SMILES string of the molecule is CCOC(=O)[C@]1(O)C[C@H](c2ccc(Br)cc2)C2=C(O1)C(=O)c1ccccc1C2=O. The van der Waals surface area contributed by atoms with Crippen molar-refractivity contribution in [2.24, 2.45) is 0 Å². The summed E-state index contributed by atoms with van der Waals surface area (Å²) in [6.07, 6.45) is -0.243. The van der Waals surface area contributed by atoms with E-state index in [-0.39, 0.29) is 41.3 Å². The third kappa shape index (κ3) is 3.20. The monoisotopic (exact) mass is 456 g/mol. The molecule has 7 heteroatoms. The van der Waals surface area contributed by atoms with E-state index in [1.807, 2.05) is 0 Å². The average molecular weight is 457 g/mol. The highest BCUT2D eigenvalue weighted by Crippen LogP contribution is 2.46. The molecular weight excluding hydrogens is 440 g/mol.